The molecule has 1 aliphatic rings. The van der Waals surface area contributed by atoms with Gasteiger partial charge in [-0.2, -0.15) is 0 Å². The number of hydrogen-bond acceptors (Lipinski definition) is 1. The number of ether oxygens (including phenoxy) is 1. The van der Waals surface area contributed by atoms with E-state index < -0.39 is 0 Å². The van der Waals surface area contributed by atoms with E-state index in [1.807, 2.05) is 0 Å². The third-order valence-electron chi connectivity index (χ3n) is 3.76. The summed E-state index contributed by atoms with van der Waals surface area (Å²) in [7, 11) is 1.76. The fourth-order valence-electron chi connectivity index (χ4n) is 2.98. The van der Waals surface area contributed by atoms with Gasteiger partial charge in [0.05, 0.1) is 7.11 Å². The Bertz CT molecular complexity index is 339. The van der Waals surface area contributed by atoms with Gasteiger partial charge in [0.25, 0.3) is 0 Å². The van der Waals surface area contributed by atoms with E-state index in [0.29, 0.717) is 0 Å². The molecule has 0 unspecified atom stereocenters. The van der Waals surface area contributed by atoms with Crippen molar-refractivity contribution in [2.75, 3.05) is 7.11 Å². The molecule has 1 fully saturated rings. The van der Waals surface area contributed by atoms with Crippen molar-refractivity contribution in [3.63, 3.8) is 0 Å². The van der Waals surface area contributed by atoms with Gasteiger partial charge in [0.2, 0.25) is 0 Å². The Morgan fingerprint density at radius 3 is 2.06 bits per heavy atom. The van der Waals surface area contributed by atoms with Gasteiger partial charge < -0.3 is 4.74 Å². The van der Waals surface area contributed by atoms with Crippen molar-refractivity contribution in [3.05, 3.63) is 28.8 Å². The molecule has 1 aliphatic carbocycles. The lowest BCUT2D eigenvalue weighted by molar-refractivity contribution is 0.406. The third-order valence-corrected chi connectivity index (χ3v) is 3.76. The van der Waals surface area contributed by atoms with Gasteiger partial charge in [-0.3, -0.25) is 0 Å². The second kappa shape index (κ2) is 4.90. The quantitative estimate of drug-likeness (QED) is 0.716. The summed E-state index contributed by atoms with van der Waals surface area (Å²) in [5, 5.41) is 0. The summed E-state index contributed by atoms with van der Waals surface area (Å²) in [5.41, 5.74) is 4.08. The Morgan fingerprint density at radius 2 is 1.56 bits per heavy atom. The molecule has 1 nitrogen and oxygen atoms in total. The Kier molecular flexibility index (Phi) is 3.52. The summed E-state index contributed by atoms with van der Waals surface area (Å²) < 4.78 is 5.42. The Labute approximate surface area is 98.8 Å². The van der Waals surface area contributed by atoms with Crippen LogP contribution >= 0.6 is 0 Å². The van der Waals surface area contributed by atoms with Crippen molar-refractivity contribution in [2.45, 2.75) is 51.9 Å². The van der Waals surface area contributed by atoms with Crippen LogP contribution in [0.2, 0.25) is 0 Å². The van der Waals surface area contributed by atoms with Gasteiger partial charge >= 0.3 is 0 Å². The summed E-state index contributed by atoms with van der Waals surface area (Å²) in [6, 6.07) is 4.64. The highest BCUT2D eigenvalue weighted by Gasteiger charge is 2.17. The van der Waals surface area contributed by atoms with E-state index in [9.17, 15) is 0 Å². The molecule has 0 spiro atoms. The van der Waals surface area contributed by atoms with Gasteiger partial charge in [0, 0.05) is 0 Å². The van der Waals surface area contributed by atoms with Crippen LogP contribution in [0.15, 0.2) is 12.1 Å². The first-order valence-electron chi connectivity index (χ1n) is 6.37. The van der Waals surface area contributed by atoms with Crippen LogP contribution in [0.4, 0.5) is 0 Å². The molecule has 0 N–H and O–H groups in total. The smallest absolute Gasteiger partial charge is 0.124 e. The van der Waals surface area contributed by atoms with Crippen LogP contribution in [-0.2, 0) is 0 Å². The van der Waals surface area contributed by atoms with Crippen LogP contribution in [0.5, 0.6) is 5.75 Å². The number of rotatable bonds is 2. The molecule has 0 atom stereocenters. The topological polar surface area (TPSA) is 9.23 Å². The SMILES string of the molecule is COc1c(C)cc(C2CCCCC2)cc1C. The summed E-state index contributed by atoms with van der Waals surface area (Å²) in [5.74, 6) is 1.84. The highest BCUT2D eigenvalue weighted by molar-refractivity contribution is 5.44. The van der Waals surface area contributed by atoms with Crippen molar-refractivity contribution in [3.8, 4) is 5.75 Å². The van der Waals surface area contributed by atoms with Crippen LogP contribution in [0.1, 0.15) is 54.7 Å². The normalized spacial score (nSPS) is 17.4. The second-order valence-corrected chi connectivity index (χ2v) is 5.02. The highest BCUT2D eigenvalue weighted by atomic mass is 16.5. The van der Waals surface area contributed by atoms with Crippen molar-refractivity contribution in [1.82, 2.24) is 0 Å². The molecule has 1 aromatic rings. The fourth-order valence-corrected chi connectivity index (χ4v) is 2.98. The van der Waals surface area contributed by atoms with E-state index in [1.54, 1.807) is 7.11 Å². The van der Waals surface area contributed by atoms with Crippen LogP contribution in [0.3, 0.4) is 0 Å². The molecule has 1 aromatic carbocycles. The molecule has 0 aliphatic heterocycles. The minimum Gasteiger partial charge on any atom is -0.496 e. The van der Waals surface area contributed by atoms with E-state index in [2.05, 4.69) is 26.0 Å². The molecule has 2 rings (SSSR count). The van der Waals surface area contributed by atoms with Gasteiger partial charge in [-0.1, -0.05) is 31.4 Å². The maximum absolute atomic E-state index is 5.42. The number of benzene rings is 1. The van der Waals surface area contributed by atoms with E-state index >= 15 is 0 Å². The zero-order valence-corrected chi connectivity index (χ0v) is 10.7. The summed E-state index contributed by atoms with van der Waals surface area (Å²) in [6.45, 7) is 4.30. The highest BCUT2D eigenvalue weighted by Crippen LogP contribution is 2.35. The monoisotopic (exact) mass is 218 g/mol. The maximum Gasteiger partial charge on any atom is 0.124 e. The van der Waals surface area contributed by atoms with Crippen LogP contribution in [-0.4, -0.2) is 7.11 Å². The molecule has 88 valence electrons. The first-order chi connectivity index (χ1) is 7.72. The molecule has 0 aromatic heterocycles. The lowest BCUT2D eigenvalue weighted by Crippen LogP contribution is -2.05. The van der Waals surface area contributed by atoms with Gasteiger partial charge in [-0.05, 0) is 49.3 Å². The average Bonchev–Trinajstić information content (AvgIpc) is 2.30. The predicted molar refractivity (Wildman–Crippen MR) is 68.3 cm³/mol. The first-order valence-corrected chi connectivity index (χ1v) is 6.37. The molecular weight excluding hydrogens is 196 g/mol. The van der Waals surface area contributed by atoms with Gasteiger partial charge in [-0.25, -0.2) is 0 Å². The zero-order valence-electron chi connectivity index (χ0n) is 10.7. The minimum absolute atomic E-state index is 0.789. The van der Waals surface area contributed by atoms with E-state index in [-0.39, 0.29) is 0 Å². The van der Waals surface area contributed by atoms with Gasteiger partial charge in [0.1, 0.15) is 5.75 Å². The van der Waals surface area contributed by atoms with Crippen molar-refractivity contribution in [1.29, 1.82) is 0 Å². The Morgan fingerprint density at radius 1 is 1.00 bits per heavy atom. The summed E-state index contributed by atoms with van der Waals surface area (Å²) in [6.07, 6.45) is 6.95. The molecule has 0 saturated heterocycles. The molecule has 16 heavy (non-hydrogen) atoms. The predicted octanol–water partition coefficient (Wildman–Crippen LogP) is 4.36. The third kappa shape index (κ3) is 2.23. The Balaban J connectivity index is 2.28. The van der Waals surface area contributed by atoms with Gasteiger partial charge in [0.15, 0.2) is 0 Å². The van der Waals surface area contributed by atoms with Crippen LogP contribution < -0.4 is 4.74 Å². The van der Waals surface area contributed by atoms with E-state index in [1.165, 1.54) is 48.8 Å². The zero-order chi connectivity index (χ0) is 11.5. The largest absolute Gasteiger partial charge is 0.496 e. The van der Waals surface area contributed by atoms with E-state index in [4.69, 9.17) is 4.74 Å². The molecule has 0 heterocycles. The molecule has 1 heteroatoms. The molecular formula is C15H22O. The average molecular weight is 218 g/mol. The van der Waals surface area contributed by atoms with E-state index in [0.717, 1.165) is 11.7 Å². The lowest BCUT2D eigenvalue weighted by atomic mass is 9.83. The molecule has 0 bridgehead atoms. The van der Waals surface area contributed by atoms with Crippen molar-refractivity contribution < 1.29 is 4.74 Å². The van der Waals surface area contributed by atoms with Crippen molar-refractivity contribution >= 4 is 0 Å². The second-order valence-electron chi connectivity index (χ2n) is 5.02. The molecule has 1 saturated carbocycles. The fraction of sp³-hybridized carbons (Fsp3) is 0.600. The molecule has 0 amide bonds. The minimum atomic E-state index is 0.789. The van der Waals surface area contributed by atoms with Gasteiger partial charge in [-0.15, -0.1) is 0 Å². The molecule has 0 radical (unpaired) electrons. The lowest BCUT2D eigenvalue weighted by Gasteiger charge is -2.23. The van der Waals surface area contributed by atoms with Crippen LogP contribution in [0, 0.1) is 13.8 Å². The Hall–Kier alpha value is -0.980. The summed E-state index contributed by atoms with van der Waals surface area (Å²) in [4.78, 5) is 0. The van der Waals surface area contributed by atoms with Crippen molar-refractivity contribution in [2.24, 2.45) is 0 Å². The first kappa shape index (κ1) is 11.5. The maximum atomic E-state index is 5.42. The standard InChI is InChI=1S/C15H22O/c1-11-9-14(10-12(2)15(11)16-3)13-7-5-4-6-8-13/h9-10,13H,4-8H2,1-3H3. The van der Waals surface area contributed by atoms with Crippen LogP contribution in [0.25, 0.3) is 0 Å². The number of hydrogen-bond donors (Lipinski definition) is 0. The number of aryl methyl sites for hydroxylation is 2. The summed E-state index contributed by atoms with van der Waals surface area (Å²) >= 11 is 0. The number of methoxy groups -OCH3 is 1.